The number of carbonyl (C=O) groups excluding carboxylic acids is 1. The van der Waals surface area contributed by atoms with E-state index in [0.29, 0.717) is 5.69 Å². The number of rotatable bonds is 3. The third-order valence-electron chi connectivity index (χ3n) is 2.47. The van der Waals surface area contributed by atoms with E-state index in [1.54, 1.807) is 19.2 Å². The first-order valence-electron chi connectivity index (χ1n) is 5.51. The van der Waals surface area contributed by atoms with Crippen molar-refractivity contribution in [3.05, 3.63) is 51.5 Å². The minimum atomic E-state index is -0.659. The first-order valence-corrected chi connectivity index (χ1v) is 6.59. The van der Waals surface area contributed by atoms with Crippen molar-refractivity contribution in [2.24, 2.45) is 0 Å². The number of benzene rings is 1. The molecule has 1 aromatic carbocycles. The molecule has 4 nitrogen and oxygen atoms in total. The second kappa shape index (κ2) is 5.96. The summed E-state index contributed by atoms with van der Waals surface area (Å²) in [4.78, 5) is 15.8. The number of nitrogens with zero attached hydrogens (tertiary/aromatic N) is 1. The summed E-state index contributed by atoms with van der Waals surface area (Å²) in [7, 11) is 1.55. The molecule has 1 aromatic heterocycles. The highest BCUT2D eigenvalue weighted by Gasteiger charge is 2.15. The fourth-order valence-corrected chi connectivity index (χ4v) is 1.88. The molecule has 2 N–H and O–H groups in total. The maximum atomic E-state index is 13.9. The summed E-state index contributed by atoms with van der Waals surface area (Å²) in [5, 5.41) is 5.23. The average Bonchev–Trinajstić information content (AvgIpc) is 2.41. The Labute approximate surface area is 123 Å². The summed E-state index contributed by atoms with van der Waals surface area (Å²) in [6.07, 6.45) is 1.39. The van der Waals surface area contributed by atoms with Gasteiger partial charge in [-0.3, -0.25) is 4.79 Å². The van der Waals surface area contributed by atoms with Crippen LogP contribution in [0, 0.1) is 9.39 Å². The van der Waals surface area contributed by atoms with Crippen molar-refractivity contribution in [2.75, 3.05) is 17.7 Å². The highest BCUT2D eigenvalue weighted by Crippen LogP contribution is 2.17. The van der Waals surface area contributed by atoms with Crippen LogP contribution in [0.25, 0.3) is 0 Å². The van der Waals surface area contributed by atoms with Crippen molar-refractivity contribution < 1.29 is 9.18 Å². The van der Waals surface area contributed by atoms with Crippen LogP contribution >= 0.6 is 22.6 Å². The summed E-state index contributed by atoms with van der Waals surface area (Å²) in [5.41, 5.74) is 0.575. The van der Waals surface area contributed by atoms with Crippen molar-refractivity contribution in [1.82, 2.24) is 4.98 Å². The molecule has 2 aromatic rings. The molecule has 19 heavy (non-hydrogen) atoms. The summed E-state index contributed by atoms with van der Waals surface area (Å²) in [6.45, 7) is 0. The number of anilines is 2. The highest BCUT2D eigenvalue weighted by atomic mass is 127. The lowest BCUT2D eigenvalue weighted by Crippen LogP contribution is -2.15. The molecule has 0 aliphatic heterocycles. The van der Waals surface area contributed by atoms with Gasteiger partial charge in [0.25, 0.3) is 5.91 Å². The number of halogens is 2. The Bertz CT molecular complexity index is 601. The first-order chi connectivity index (χ1) is 9.11. The van der Waals surface area contributed by atoms with Gasteiger partial charge in [-0.2, -0.15) is 0 Å². The van der Waals surface area contributed by atoms with Crippen LogP contribution < -0.4 is 10.6 Å². The van der Waals surface area contributed by atoms with Crippen molar-refractivity contribution in [2.45, 2.75) is 0 Å². The van der Waals surface area contributed by atoms with Crippen LogP contribution in [-0.4, -0.2) is 17.9 Å². The van der Waals surface area contributed by atoms with Gasteiger partial charge in [-0.25, -0.2) is 9.37 Å². The minimum absolute atomic E-state index is 0.0436. The van der Waals surface area contributed by atoms with Gasteiger partial charge in [0.2, 0.25) is 0 Å². The van der Waals surface area contributed by atoms with E-state index in [9.17, 15) is 9.18 Å². The topological polar surface area (TPSA) is 54.0 Å². The third-order valence-corrected chi connectivity index (χ3v) is 3.19. The lowest BCUT2D eigenvalue weighted by molar-refractivity contribution is 0.102. The number of hydrogen-bond donors (Lipinski definition) is 2. The molecule has 1 amide bonds. The van der Waals surface area contributed by atoms with Crippen molar-refractivity contribution in [3.63, 3.8) is 0 Å². The molecule has 0 unspecified atom stereocenters. The Kier molecular flexibility index (Phi) is 4.31. The maximum absolute atomic E-state index is 13.9. The molecule has 2 rings (SSSR count). The van der Waals surface area contributed by atoms with Crippen LogP contribution in [0.1, 0.15) is 10.4 Å². The van der Waals surface area contributed by atoms with Gasteiger partial charge in [-0.05, 0) is 52.9 Å². The predicted molar refractivity (Wildman–Crippen MR) is 80.9 cm³/mol. The van der Waals surface area contributed by atoms with Gasteiger partial charge in [0.05, 0.1) is 5.56 Å². The van der Waals surface area contributed by atoms with Gasteiger partial charge < -0.3 is 10.6 Å². The number of hydrogen-bond acceptors (Lipinski definition) is 3. The van der Waals surface area contributed by atoms with Gasteiger partial charge in [-0.1, -0.05) is 0 Å². The fraction of sp³-hybridized carbons (Fsp3) is 0.0769. The SMILES string of the molecule is CNc1nccc(C(=O)Nc2ccc(I)cc2)c1F. The molecule has 0 aliphatic carbocycles. The maximum Gasteiger partial charge on any atom is 0.258 e. The van der Waals surface area contributed by atoms with Gasteiger partial charge in [0.15, 0.2) is 11.6 Å². The second-order valence-electron chi connectivity index (χ2n) is 3.73. The van der Waals surface area contributed by atoms with E-state index in [1.807, 2.05) is 12.1 Å². The van der Waals surface area contributed by atoms with Gasteiger partial charge in [-0.15, -0.1) is 0 Å². The van der Waals surface area contributed by atoms with E-state index in [0.717, 1.165) is 3.57 Å². The van der Waals surface area contributed by atoms with E-state index < -0.39 is 11.7 Å². The van der Waals surface area contributed by atoms with E-state index in [4.69, 9.17) is 0 Å². The largest absolute Gasteiger partial charge is 0.371 e. The number of pyridine rings is 1. The molecule has 0 bridgehead atoms. The monoisotopic (exact) mass is 371 g/mol. The Hall–Kier alpha value is -1.70. The van der Waals surface area contributed by atoms with Crippen LogP contribution in [0.3, 0.4) is 0 Å². The zero-order valence-corrected chi connectivity index (χ0v) is 12.2. The number of amides is 1. The van der Waals surface area contributed by atoms with E-state index >= 15 is 0 Å². The van der Waals surface area contributed by atoms with Crippen LogP contribution in [0.15, 0.2) is 36.5 Å². The molecular formula is C13H11FIN3O. The molecule has 0 aliphatic rings. The first kappa shape index (κ1) is 13.7. The Morgan fingerprint density at radius 1 is 1.26 bits per heavy atom. The quantitative estimate of drug-likeness (QED) is 0.816. The van der Waals surface area contributed by atoms with Crippen molar-refractivity contribution in [3.8, 4) is 0 Å². The minimum Gasteiger partial charge on any atom is -0.371 e. The zero-order valence-electron chi connectivity index (χ0n) is 10.1. The molecular weight excluding hydrogens is 360 g/mol. The lowest BCUT2D eigenvalue weighted by Gasteiger charge is -2.08. The van der Waals surface area contributed by atoms with Crippen molar-refractivity contribution >= 4 is 40.0 Å². The molecule has 98 valence electrons. The summed E-state index contributed by atoms with van der Waals surface area (Å²) >= 11 is 2.17. The molecule has 0 saturated heterocycles. The van der Waals surface area contributed by atoms with Crippen LogP contribution in [0.2, 0.25) is 0 Å². The molecule has 0 atom stereocenters. The second-order valence-corrected chi connectivity index (χ2v) is 4.98. The third kappa shape index (κ3) is 3.19. The smallest absolute Gasteiger partial charge is 0.258 e. The summed E-state index contributed by atoms with van der Waals surface area (Å²) < 4.78 is 15.0. The van der Waals surface area contributed by atoms with E-state index in [2.05, 4.69) is 38.2 Å². The predicted octanol–water partition coefficient (Wildman–Crippen LogP) is 3.12. The summed E-state index contributed by atoms with van der Waals surface area (Å²) in [5.74, 6) is -1.11. The van der Waals surface area contributed by atoms with Crippen LogP contribution in [0.5, 0.6) is 0 Å². The van der Waals surface area contributed by atoms with Gasteiger partial charge in [0.1, 0.15) is 0 Å². The lowest BCUT2D eigenvalue weighted by atomic mass is 10.2. The highest BCUT2D eigenvalue weighted by molar-refractivity contribution is 14.1. The van der Waals surface area contributed by atoms with Gasteiger partial charge >= 0.3 is 0 Å². The Balaban J connectivity index is 2.23. The Morgan fingerprint density at radius 2 is 1.95 bits per heavy atom. The average molecular weight is 371 g/mol. The number of aromatic nitrogens is 1. The van der Waals surface area contributed by atoms with Crippen LogP contribution in [-0.2, 0) is 0 Å². The Morgan fingerprint density at radius 3 is 2.58 bits per heavy atom. The number of carbonyl (C=O) groups is 1. The molecule has 0 radical (unpaired) electrons. The van der Waals surface area contributed by atoms with Crippen LogP contribution in [0.4, 0.5) is 15.9 Å². The summed E-state index contributed by atoms with van der Waals surface area (Å²) in [6, 6.07) is 8.59. The van der Waals surface area contributed by atoms with E-state index in [1.165, 1.54) is 12.3 Å². The zero-order chi connectivity index (χ0) is 13.8. The van der Waals surface area contributed by atoms with E-state index in [-0.39, 0.29) is 11.4 Å². The fourth-order valence-electron chi connectivity index (χ4n) is 1.53. The standard InChI is InChI=1S/C13H11FIN3O/c1-16-12-11(14)10(6-7-17-12)13(19)18-9-4-2-8(15)3-5-9/h2-7H,1H3,(H,16,17)(H,18,19). The van der Waals surface area contributed by atoms with Gasteiger partial charge in [0, 0.05) is 22.5 Å². The molecule has 1 heterocycles. The molecule has 0 spiro atoms. The molecule has 0 fully saturated rings. The van der Waals surface area contributed by atoms with Crippen molar-refractivity contribution in [1.29, 1.82) is 0 Å². The molecule has 0 saturated carbocycles. The normalized spacial score (nSPS) is 10.1. The molecule has 6 heteroatoms. The number of nitrogens with one attached hydrogen (secondary N) is 2.